The van der Waals surface area contributed by atoms with Crippen molar-refractivity contribution >= 4 is 0 Å². The van der Waals surface area contributed by atoms with E-state index >= 15 is 0 Å². The van der Waals surface area contributed by atoms with Crippen LogP contribution in [0.2, 0.25) is 0 Å². The summed E-state index contributed by atoms with van der Waals surface area (Å²) in [6.45, 7) is 0. The zero-order chi connectivity index (χ0) is 11.4. The Morgan fingerprint density at radius 1 is 1.12 bits per heavy atom. The van der Waals surface area contributed by atoms with Crippen LogP contribution in [0.1, 0.15) is 0 Å². The summed E-state index contributed by atoms with van der Waals surface area (Å²) in [5, 5.41) is 0. The third-order valence-corrected chi connectivity index (χ3v) is 2.26. The van der Waals surface area contributed by atoms with Crippen molar-refractivity contribution in [3.63, 3.8) is 0 Å². The van der Waals surface area contributed by atoms with Gasteiger partial charge in [0.25, 0.3) is 0 Å². The van der Waals surface area contributed by atoms with Gasteiger partial charge in [-0.3, -0.25) is 4.98 Å². The summed E-state index contributed by atoms with van der Waals surface area (Å²) >= 11 is 0. The number of methoxy groups -OCH3 is 2. The van der Waals surface area contributed by atoms with E-state index in [1.807, 2.05) is 24.3 Å². The lowest BCUT2D eigenvalue weighted by Gasteiger charge is -2.11. The van der Waals surface area contributed by atoms with Crippen LogP contribution >= 0.6 is 0 Å². The van der Waals surface area contributed by atoms with Crippen LogP contribution in [0.25, 0.3) is 11.3 Å². The maximum absolute atomic E-state index is 5.31. The summed E-state index contributed by atoms with van der Waals surface area (Å²) < 4.78 is 10.5. The lowest BCUT2D eigenvalue weighted by atomic mass is 10.1. The van der Waals surface area contributed by atoms with E-state index in [0.29, 0.717) is 11.5 Å². The van der Waals surface area contributed by atoms with E-state index in [4.69, 9.17) is 9.47 Å². The molecule has 0 unspecified atom stereocenters. The van der Waals surface area contributed by atoms with Crippen LogP contribution in [0.5, 0.6) is 11.5 Å². The van der Waals surface area contributed by atoms with Gasteiger partial charge >= 0.3 is 0 Å². The molecule has 2 aromatic rings. The summed E-state index contributed by atoms with van der Waals surface area (Å²) in [5.41, 5.74) is 1.63. The molecule has 0 saturated carbocycles. The molecule has 0 amide bonds. The summed E-state index contributed by atoms with van der Waals surface area (Å²) in [4.78, 5) is 4.29. The Labute approximate surface area is 94.7 Å². The number of nitrogens with zero attached hydrogens (tertiary/aromatic N) is 1. The van der Waals surface area contributed by atoms with Crippen molar-refractivity contribution in [3.05, 3.63) is 42.6 Å². The average molecular weight is 214 g/mol. The Hall–Kier alpha value is -2.03. The van der Waals surface area contributed by atoms with Crippen LogP contribution in [-0.4, -0.2) is 19.2 Å². The highest BCUT2D eigenvalue weighted by Gasteiger charge is 2.12. The summed E-state index contributed by atoms with van der Waals surface area (Å²) in [7, 11) is 3.21. The third-order valence-electron chi connectivity index (χ3n) is 2.26. The van der Waals surface area contributed by atoms with Gasteiger partial charge in [0.1, 0.15) is 5.69 Å². The molecule has 1 aromatic heterocycles. The van der Waals surface area contributed by atoms with E-state index in [1.54, 1.807) is 26.5 Å². The molecule has 0 fully saturated rings. The van der Waals surface area contributed by atoms with Crippen molar-refractivity contribution in [2.75, 3.05) is 14.2 Å². The van der Waals surface area contributed by atoms with E-state index in [0.717, 1.165) is 11.3 Å². The van der Waals surface area contributed by atoms with Crippen LogP contribution < -0.4 is 9.47 Å². The SMILES string of the molecule is COc1ccnc(-c2[c]cccc2)c1OC. The molecule has 1 aromatic carbocycles. The number of ether oxygens (including phenoxy) is 2. The van der Waals surface area contributed by atoms with Crippen LogP contribution in [-0.2, 0) is 0 Å². The Morgan fingerprint density at radius 2 is 2.00 bits per heavy atom. The molecular formula is C13H12NO2. The van der Waals surface area contributed by atoms with Gasteiger partial charge < -0.3 is 9.47 Å². The van der Waals surface area contributed by atoms with Crippen LogP contribution in [0.15, 0.2) is 36.5 Å². The van der Waals surface area contributed by atoms with Crippen LogP contribution in [0, 0.1) is 6.07 Å². The minimum Gasteiger partial charge on any atom is -0.493 e. The highest BCUT2D eigenvalue weighted by Crippen LogP contribution is 2.35. The Balaban J connectivity index is 2.57. The van der Waals surface area contributed by atoms with Gasteiger partial charge in [-0.1, -0.05) is 24.3 Å². The molecule has 0 atom stereocenters. The van der Waals surface area contributed by atoms with E-state index in [2.05, 4.69) is 11.1 Å². The first-order valence-corrected chi connectivity index (χ1v) is 4.91. The number of hydrogen-bond acceptors (Lipinski definition) is 3. The van der Waals surface area contributed by atoms with Gasteiger partial charge in [-0.05, 0) is 6.07 Å². The molecule has 0 aliphatic carbocycles. The normalized spacial score (nSPS) is 9.88. The summed E-state index contributed by atoms with van der Waals surface area (Å²) in [5.74, 6) is 1.30. The largest absolute Gasteiger partial charge is 0.493 e. The number of benzene rings is 1. The smallest absolute Gasteiger partial charge is 0.187 e. The van der Waals surface area contributed by atoms with E-state index < -0.39 is 0 Å². The lowest BCUT2D eigenvalue weighted by molar-refractivity contribution is 0.354. The average Bonchev–Trinajstić information content (AvgIpc) is 2.38. The van der Waals surface area contributed by atoms with Gasteiger partial charge in [-0.2, -0.15) is 0 Å². The van der Waals surface area contributed by atoms with Gasteiger partial charge in [0.2, 0.25) is 0 Å². The zero-order valence-electron chi connectivity index (χ0n) is 9.23. The Bertz CT molecular complexity index is 469. The second-order valence-corrected chi connectivity index (χ2v) is 3.17. The lowest BCUT2D eigenvalue weighted by Crippen LogP contribution is -1.95. The first-order valence-electron chi connectivity index (χ1n) is 4.91. The van der Waals surface area contributed by atoms with Crippen molar-refractivity contribution in [2.24, 2.45) is 0 Å². The minimum absolute atomic E-state index is 0.632. The van der Waals surface area contributed by atoms with Gasteiger partial charge in [-0.15, -0.1) is 0 Å². The molecule has 0 aliphatic heterocycles. The predicted octanol–water partition coefficient (Wildman–Crippen LogP) is 2.57. The second kappa shape index (κ2) is 4.66. The molecule has 0 saturated heterocycles. The van der Waals surface area contributed by atoms with Gasteiger partial charge in [-0.25, -0.2) is 0 Å². The summed E-state index contributed by atoms with van der Waals surface area (Å²) in [6.07, 6.45) is 1.69. The molecule has 3 heteroatoms. The number of hydrogen-bond donors (Lipinski definition) is 0. The number of pyridine rings is 1. The zero-order valence-corrected chi connectivity index (χ0v) is 9.23. The molecule has 0 bridgehead atoms. The molecule has 0 N–H and O–H groups in total. The molecular weight excluding hydrogens is 202 g/mol. The number of aromatic nitrogens is 1. The molecule has 81 valence electrons. The van der Waals surface area contributed by atoms with E-state index in [-0.39, 0.29) is 0 Å². The monoisotopic (exact) mass is 214 g/mol. The predicted molar refractivity (Wildman–Crippen MR) is 61.6 cm³/mol. The highest BCUT2D eigenvalue weighted by atomic mass is 16.5. The van der Waals surface area contributed by atoms with Crippen molar-refractivity contribution < 1.29 is 9.47 Å². The quantitative estimate of drug-likeness (QED) is 0.786. The Morgan fingerprint density at radius 3 is 2.62 bits per heavy atom. The third kappa shape index (κ3) is 1.84. The standard InChI is InChI=1S/C13H12NO2/c1-15-11-8-9-14-12(13(11)16-2)10-6-4-3-5-7-10/h3-6,8-9H,1-2H3. The maximum atomic E-state index is 5.31. The fourth-order valence-electron chi connectivity index (χ4n) is 1.52. The van der Waals surface area contributed by atoms with E-state index in [1.165, 1.54) is 0 Å². The number of rotatable bonds is 3. The van der Waals surface area contributed by atoms with Crippen molar-refractivity contribution in [1.29, 1.82) is 0 Å². The fraction of sp³-hybridized carbons (Fsp3) is 0.154. The molecule has 3 nitrogen and oxygen atoms in total. The van der Waals surface area contributed by atoms with E-state index in [9.17, 15) is 0 Å². The molecule has 1 radical (unpaired) electrons. The van der Waals surface area contributed by atoms with Crippen molar-refractivity contribution in [3.8, 4) is 22.8 Å². The van der Waals surface area contributed by atoms with Gasteiger partial charge in [0.15, 0.2) is 11.5 Å². The Kier molecular flexibility index (Phi) is 3.05. The molecule has 1 heterocycles. The topological polar surface area (TPSA) is 31.4 Å². The molecule has 0 spiro atoms. The molecule has 0 aliphatic rings. The summed E-state index contributed by atoms with van der Waals surface area (Å²) in [6, 6.07) is 12.5. The molecule has 2 rings (SSSR count). The first kappa shape index (κ1) is 10.5. The van der Waals surface area contributed by atoms with Crippen LogP contribution in [0.4, 0.5) is 0 Å². The van der Waals surface area contributed by atoms with Crippen molar-refractivity contribution in [1.82, 2.24) is 4.98 Å². The minimum atomic E-state index is 0.632. The van der Waals surface area contributed by atoms with Gasteiger partial charge in [0, 0.05) is 17.8 Å². The van der Waals surface area contributed by atoms with Crippen LogP contribution in [0.3, 0.4) is 0 Å². The second-order valence-electron chi connectivity index (χ2n) is 3.17. The highest BCUT2D eigenvalue weighted by molar-refractivity contribution is 5.69. The maximum Gasteiger partial charge on any atom is 0.187 e. The first-order chi connectivity index (χ1) is 7.86. The molecule has 16 heavy (non-hydrogen) atoms. The van der Waals surface area contributed by atoms with Crippen molar-refractivity contribution in [2.45, 2.75) is 0 Å². The van der Waals surface area contributed by atoms with Gasteiger partial charge in [0.05, 0.1) is 14.2 Å². The fourth-order valence-corrected chi connectivity index (χ4v) is 1.52.